The summed E-state index contributed by atoms with van der Waals surface area (Å²) < 4.78 is 5.84. The highest BCUT2D eigenvalue weighted by molar-refractivity contribution is 6.31. The van der Waals surface area contributed by atoms with Crippen LogP contribution in [0.1, 0.15) is 34.5 Å². The number of carboxylic acids is 2. The Labute approximate surface area is 211 Å². The van der Waals surface area contributed by atoms with E-state index in [1.807, 2.05) is 12.1 Å². The molecule has 1 aliphatic rings. The van der Waals surface area contributed by atoms with Gasteiger partial charge in [-0.05, 0) is 42.9 Å². The fourth-order valence-electron chi connectivity index (χ4n) is 3.35. The van der Waals surface area contributed by atoms with E-state index >= 15 is 0 Å². The second-order valence-electron chi connectivity index (χ2n) is 7.77. The zero-order valence-corrected chi connectivity index (χ0v) is 20.1. The number of halogens is 1. The largest absolute Gasteiger partial charge is 0.491 e. The van der Waals surface area contributed by atoms with Crippen molar-refractivity contribution in [1.29, 1.82) is 0 Å². The number of nitrogens with two attached hydrogens (primary N) is 2. The molecule has 0 saturated carbocycles. The summed E-state index contributed by atoms with van der Waals surface area (Å²) in [6.07, 6.45) is 3.82. The van der Waals surface area contributed by atoms with Crippen LogP contribution in [0.5, 0.6) is 5.75 Å². The van der Waals surface area contributed by atoms with E-state index in [1.54, 1.807) is 0 Å². The van der Waals surface area contributed by atoms with Gasteiger partial charge < -0.3 is 42.2 Å². The molecule has 3 rings (SSSR count). The predicted octanol–water partition coefficient (Wildman–Crippen LogP) is 0.0881. The van der Waals surface area contributed by atoms with Gasteiger partial charge in [-0.25, -0.2) is 19.6 Å². The van der Waals surface area contributed by atoms with Gasteiger partial charge >= 0.3 is 11.9 Å². The number of nitrogens with one attached hydrogen (secondary N) is 2. The third kappa shape index (κ3) is 8.83. The van der Waals surface area contributed by atoms with Crippen molar-refractivity contribution in [2.45, 2.75) is 31.8 Å². The minimum Gasteiger partial charge on any atom is -0.491 e. The maximum Gasteiger partial charge on any atom is 0.414 e. The van der Waals surface area contributed by atoms with Gasteiger partial charge in [0.1, 0.15) is 18.5 Å². The molecule has 1 atom stereocenters. The summed E-state index contributed by atoms with van der Waals surface area (Å²) in [5.41, 5.74) is 13.7. The molecule has 36 heavy (non-hydrogen) atoms. The van der Waals surface area contributed by atoms with Crippen molar-refractivity contribution < 1.29 is 34.4 Å². The first-order valence-corrected chi connectivity index (χ1v) is 11.4. The highest BCUT2D eigenvalue weighted by atomic mass is 35.5. The minimum absolute atomic E-state index is 0.0281. The van der Waals surface area contributed by atoms with Gasteiger partial charge in [0.15, 0.2) is 22.5 Å². The number of carbonyl (C=O) groups is 3. The van der Waals surface area contributed by atoms with Crippen molar-refractivity contribution in [3.8, 4) is 5.75 Å². The van der Waals surface area contributed by atoms with E-state index in [0.29, 0.717) is 19.6 Å². The number of aromatic nitrogens is 2. The van der Waals surface area contributed by atoms with Crippen LogP contribution in [0.4, 0.5) is 11.6 Å². The van der Waals surface area contributed by atoms with Crippen LogP contribution in [0.25, 0.3) is 0 Å². The Morgan fingerprint density at radius 1 is 1.06 bits per heavy atom. The van der Waals surface area contributed by atoms with Crippen molar-refractivity contribution in [2.75, 3.05) is 37.7 Å². The van der Waals surface area contributed by atoms with E-state index in [1.165, 1.54) is 24.0 Å². The molecular formula is C22H29ClN6O7. The highest BCUT2D eigenvalue weighted by Crippen LogP contribution is 2.29. The molecule has 1 amide bonds. The number of aliphatic carboxylic acids is 2. The molecular weight excluding hydrogens is 496 g/mol. The number of aliphatic hydroxyl groups excluding tert-OH is 1. The summed E-state index contributed by atoms with van der Waals surface area (Å²) in [6, 6.07) is 6.10. The van der Waals surface area contributed by atoms with Crippen molar-refractivity contribution >= 4 is 41.1 Å². The number of amides is 1. The molecule has 1 aromatic carbocycles. The van der Waals surface area contributed by atoms with E-state index in [4.69, 9.17) is 47.6 Å². The summed E-state index contributed by atoms with van der Waals surface area (Å²) in [4.78, 5) is 37.9. The van der Waals surface area contributed by atoms with Crippen LogP contribution in [-0.4, -0.2) is 75.5 Å². The van der Waals surface area contributed by atoms with Gasteiger partial charge in [-0.15, -0.1) is 0 Å². The van der Waals surface area contributed by atoms with Crippen LogP contribution in [0, 0.1) is 0 Å². The van der Waals surface area contributed by atoms with Crippen LogP contribution in [0.2, 0.25) is 5.15 Å². The number of carbonyl (C=O) groups excluding carboxylic acids is 1. The quantitative estimate of drug-likeness (QED) is 0.171. The van der Waals surface area contributed by atoms with E-state index in [0.717, 1.165) is 18.6 Å². The average molecular weight is 525 g/mol. The van der Waals surface area contributed by atoms with Crippen molar-refractivity contribution in [3.63, 3.8) is 0 Å². The third-order valence-electron chi connectivity index (χ3n) is 5.05. The molecule has 0 bridgehead atoms. The summed E-state index contributed by atoms with van der Waals surface area (Å²) in [6.45, 7) is 1.29. The van der Waals surface area contributed by atoms with Gasteiger partial charge in [-0.3, -0.25) is 4.79 Å². The van der Waals surface area contributed by atoms with E-state index in [2.05, 4.69) is 26.7 Å². The summed E-state index contributed by atoms with van der Waals surface area (Å²) in [5, 5.41) is 30.6. The van der Waals surface area contributed by atoms with Gasteiger partial charge in [-0.2, -0.15) is 0 Å². The maximum atomic E-state index is 12.1. The average Bonchev–Trinajstić information content (AvgIpc) is 2.84. The molecule has 0 aliphatic heterocycles. The second kappa shape index (κ2) is 14.0. The number of benzene rings is 1. The standard InChI is InChI=1S/C20H27ClN6O3.C2H2O4/c21-17-19(23)27-18(22)16(26-17)20(29)25-9-8-24-10-13(28)11-30-15-7-3-5-12-4-1-2-6-14(12)15;3-1(4)2(5)6/h3,5,7,13,24,28H,1-2,4,6,8-11H2,(H,25,29)(H4,22,23,27);(H,3,4)(H,5,6). The van der Waals surface area contributed by atoms with Crippen LogP contribution < -0.4 is 26.8 Å². The lowest BCUT2D eigenvalue weighted by atomic mass is 9.91. The molecule has 1 heterocycles. The second-order valence-corrected chi connectivity index (χ2v) is 8.13. The number of aliphatic hydroxyl groups is 1. The Kier molecular flexibility index (Phi) is 11.1. The SMILES string of the molecule is Nc1nc(N)c(C(=O)NCCNCC(O)COc2cccc3c2CCCC3)nc1Cl.O=C(O)C(=O)O. The number of nitrogen functional groups attached to an aromatic ring is 2. The van der Waals surface area contributed by atoms with E-state index in [-0.39, 0.29) is 29.1 Å². The first-order valence-electron chi connectivity index (χ1n) is 11.0. The van der Waals surface area contributed by atoms with Crippen molar-refractivity contribution in [2.24, 2.45) is 0 Å². The normalized spacial score (nSPS) is 12.9. The van der Waals surface area contributed by atoms with Gasteiger partial charge in [0.25, 0.3) is 5.91 Å². The molecule has 0 spiro atoms. The Morgan fingerprint density at radius 2 is 1.75 bits per heavy atom. The lowest BCUT2D eigenvalue weighted by Crippen LogP contribution is -2.37. The van der Waals surface area contributed by atoms with Crippen molar-refractivity contribution in [1.82, 2.24) is 20.6 Å². The molecule has 14 heteroatoms. The smallest absolute Gasteiger partial charge is 0.414 e. The van der Waals surface area contributed by atoms with Gasteiger partial charge in [0.05, 0.1) is 0 Å². The van der Waals surface area contributed by atoms with Crippen LogP contribution >= 0.6 is 11.6 Å². The van der Waals surface area contributed by atoms with Crippen LogP contribution in [0.15, 0.2) is 18.2 Å². The van der Waals surface area contributed by atoms with Crippen LogP contribution in [-0.2, 0) is 22.4 Å². The number of fused-ring (bicyclic) bond motifs is 1. The summed E-state index contributed by atoms with van der Waals surface area (Å²) >= 11 is 5.78. The Balaban J connectivity index is 0.000000678. The van der Waals surface area contributed by atoms with E-state index in [9.17, 15) is 9.90 Å². The number of anilines is 2. The molecule has 1 unspecified atom stereocenters. The van der Waals surface area contributed by atoms with Gasteiger partial charge in [0.2, 0.25) is 0 Å². The number of carboxylic acid groups (broad SMARTS) is 2. The Morgan fingerprint density at radius 3 is 2.44 bits per heavy atom. The fourth-order valence-corrected chi connectivity index (χ4v) is 3.48. The molecule has 0 saturated heterocycles. The number of ether oxygens (including phenoxy) is 1. The lowest BCUT2D eigenvalue weighted by Gasteiger charge is -2.20. The predicted molar refractivity (Wildman–Crippen MR) is 131 cm³/mol. The number of aryl methyl sites for hydroxylation is 1. The van der Waals surface area contributed by atoms with Crippen molar-refractivity contribution in [3.05, 3.63) is 40.2 Å². The first-order chi connectivity index (χ1) is 17.1. The zero-order chi connectivity index (χ0) is 26.7. The molecule has 9 N–H and O–H groups in total. The molecule has 0 fully saturated rings. The maximum absolute atomic E-state index is 12.1. The fraction of sp³-hybridized carbons (Fsp3) is 0.409. The Hall–Kier alpha value is -3.68. The summed E-state index contributed by atoms with van der Waals surface area (Å²) in [5.74, 6) is -3.40. The van der Waals surface area contributed by atoms with Gasteiger partial charge in [0, 0.05) is 19.6 Å². The number of hydrogen-bond acceptors (Lipinski definition) is 10. The molecule has 0 radical (unpaired) electrons. The third-order valence-corrected chi connectivity index (χ3v) is 5.33. The van der Waals surface area contributed by atoms with E-state index < -0.39 is 23.9 Å². The van der Waals surface area contributed by atoms with Crippen LogP contribution in [0.3, 0.4) is 0 Å². The summed E-state index contributed by atoms with van der Waals surface area (Å²) in [7, 11) is 0. The number of nitrogens with zero attached hydrogens (tertiary/aromatic N) is 2. The molecule has 196 valence electrons. The zero-order valence-electron chi connectivity index (χ0n) is 19.4. The van der Waals surface area contributed by atoms with Gasteiger partial charge in [-0.1, -0.05) is 23.7 Å². The molecule has 13 nitrogen and oxygen atoms in total. The monoisotopic (exact) mass is 524 g/mol. The first kappa shape index (κ1) is 28.6. The topological polar surface area (TPSA) is 223 Å². The molecule has 2 aromatic rings. The molecule has 1 aromatic heterocycles. The lowest BCUT2D eigenvalue weighted by molar-refractivity contribution is -0.159. The Bertz CT molecular complexity index is 1070. The molecule has 1 aliphatic carbocycles. The number of hydrogen-bond donors (Lipinski definition) is 7. The minimum atomic E-state index is -1.82. The highest BCUT2D eigenvalue weighted by Gasteiger charge is 2.16. The number of rotatable bonds is 9.